The molecule has 0 aromatic heterocycles. The number of rotatable bonds is 67. The molecule has 0 rings (SSSR count). The van der Waals surface area contributed by atoms with Crippen LogP contribution in [0.1, 0.15) is 399 Å². The van der Waals surface area contributed by atoms with Crippen LogP contribution >= 0.6 is 0 Å². The minimum atomic E-state index is -0.661. The number of carbonyl (C=O) groups excluding carboxylic acids is 2. The lowest BCUT2D eigenvalue weighted by Crippen LogP contribution is -2.45. The lowest BCUT2D eigenvalue weighted by molar-refractivity contribution is -0.143. The zero-order valence-electron chi connectivity index (χ0n) is 52.9. The minimum absolute atomic E-state index is 0.0105. The summed E-state index contributed by atoms with van der Waals surface area (Å²) in [7, 11) is 0. The molecule has 462 valence electrons. The van der Waals surface area contributed by atoms with Crippen LogP contribution in [0.5, 0.6) is 0 Å². The smallest absolute Gasteiger partial charge is 0.305 e. The monoisotopic (exact) mass is 1100 g/mol. The number of ether oxygens (including phenoxy) is 1. The topological polar surface area (TPSA) is 95.9 Å². The predicted octanol–water partition coefficient (Wildman–Crippen LogP) is 22.9. The van der Waals surface area contributed by atoms with E-state index in [1.54, 1.807) is 0 Å². The quantitative estimate of drug-likeness (QED) is 0.0320. The van der Waals surface area contributed by atoms with Crippen LogP contribution in [0.2, 0.25) is 0 Å². The molecule has 3 N–H and O–H groups in total. The van der Waals surface area contributed by atoms with E-state index in [0.717, 1.165) is 44.9 Å². The molecular formula is C72H139NO5. The SMILES string of the molecule is CCCCC/C=C\CCCCCCCC(=O)OCCCCCCCCCCCCCCCC/C=C\CCCCCCCCCCCCCCCCCCCC(=O)NC(CO)C(O)CCCCCCCCCCCCCCCC. The van der Waals surface area contributed by atoms with Gasteiger partial charge in [0.15, 0.2) is 0 Å². The largest absolute Gasteiger partial charge is 0.466 e. The van der Waals surface area contributed by atoms with Crippen molar-refractivity contribution in [3.8, 4) is 0 Å². The second-order valence-electron chi connectivity index (χ2n) is 24.6. The third-order valence-electron chi connectivity index (χ3n) is 16.7. The number of carbonyl (C=O) groups is 2. The Kier molecular flexibility index (Phi) is 66.4. The molecular weight excluding hydrogens is 959 g/mol. The van der Waals surface area contributed by atoms with Crippen molar-refractivity contribution < 1.29 is 24.5 Å². The Morgan fingerprint density at radius 3 is 0.936 bits per heavy atom. The highest BCUT2D eigenvalue weighted by Crippen LogP contribution is 2.19. The van der Waals surface area contributed by atoms with E-state index in [1.807, 2.05) is 0 Å². The van der Waals surface area contributed by atoms with Crippen LogP contribution in [0, 0.1) is 0 Å². The predicted molar refractivity (Wildman–Crippen MR) is 343 cm³/mol. The molecule has 2 unspecified atom stereocenters. The highest BCUT2D eigenvalue weighted by Gasteiger charge is 2.20. The van der Waals surface area contributed by atoms with Gasteiger partial charge in [0, 0.05) is 12.8 Å². The Balaban J connectivity index is 3.33. The number of hydrogen-bond donors (Lipinski definition) is 3. The average molecular weight is 1100 g/mol. The minimum Gasteiger partial charge on any atom is -0.466 e. The van der Waals surface area contributed by atoms with Crippen LogP contribution in [-0.2, 0) is 14.3 Å². The van der Waals surface area contributed by atoms with E-state index in [2.05, 4.69) is 43.5 Å². The van der Waals surface area contributed by atoms with Crippen LogP contribution in [0.4, 0.5) is 0 Å². The van der Waals surface area contributed by atoms with Gasteiger partial charge in [0.05, 0.1) is 25.4 Å². The Morgan fingerprint density at radius 1 is 0.346 bits per heavy atom. The maximum atomic E-state index is 12.5. The third kappa shape index (κ3) is 63.5. The number of aliphatic hydroxyl groups excluding tert-OH is 2. The lowest BCUT2D eigenvalue weighted by Gasteiger charge is -2.22. The molecule has 0 saturated heterocycles. The zero-order chi connectivity index (χ0) is 56.4. The molecule has 2 atom stereocenters. The highest BCUT2D eigenvalue weighted by molar-refractivity contribution is 5.76. The Morgan fingerprint density at radius 2 is 0.603 bits per heavy atom. The summed E-state index contributed by atoms with van der Waals surface area (Å²) in [5, 5.41) is 23.3. The number of unbranched alkanes of at least 4 members (excludes halogenated alkanes) is 52. The van der Waals surface area contributed by atoms with Crippen LogP contribution in [0.25, 0.3) is 0 Å². The first kappa shape index (κ1) is 76.3. The molecule has 0 radical (unpaired) electrons. The Hall–Kier alpha value is -1.66. The van der Waals surface area contributed by atoms with Gasteiger partial charge in [0.2, 0.25) is 5.91 Å². The molecule has 0 aliphatic carbocycles. The molecule has 0 aliphatic heterocycles. The molecule has 0 spiro atoms. The maximum Gasteiger partial charge on any atom is 0.305 e. The first-order chi connectivity index (χ1) is 38.5. The van der Waals surface area contributed by atoms with Gasteiger partial charge in [-0.25, -0.2) is 0 Å². The fourth-order valence-electron chi connectivity index (χ4n) is 11.3. The standard InChI is InChI=1S/C72H139NO5/c1-3-5-7-9-11-13-15-17-41-44-48-52-56-60-64-70(75)69(68-74)73-71(76)65-61-57-53-49-45-42-39-37-35-33-31-29-27-25-23-21-19-18-20-22-24-26-28-30-32-34-36-38-40-43-47-51-55-59-63-67-78-72(77)66-62-58-54-50-46-16-14-12-10-8-6-4-2/h12,14,20,22,69-70,74-75H,3-11,13,15-19,21,23-68H2,1-2H3,(H,73,76)/b14-12-,22-20-. The van der Waals surface area contributed by atoms with E-state index in [-0.39, 0.29) is 18.5 Å². The van der Waals surface area contributed by atoms with Crippen molar-refractivity contribution in [3.05, 3.63) is 24.3 Å². The van der Waals surface area contributed by atoms with Crippen molar-refractivity contribution in [1.29, 1.82) is 0 Å². The second-order valence-corrected chi connectivity index (χ2v) is 24.6. The second kappa shape index (κ2) is 67.8. The molecule has 0 heterocycles. The van der Waals surface area contributed by atoms with Gasteiger partial charge in [-0.05, 0) is 77.0 Å². The molecule has 0 bridgehead atoms. The van der Waals surface area contributed by atoms with Crippen molar-refractivity contribution in [2.75, 3.05) is 13.2 Å². The number of hydrogen-bond acceptors (Lipinski definition) is 5. The fraction of sp³-hybridized carbons (Fsp3) is 0.917. The van der Waals surface area contributed by atoms with E-state index in [0.29, 0.717) is 25.9 Å². The molecule has 0 aliphatic rings. The summed E-state index contributed by atoms with van der Waals surface area (Å²) in [6, 6.07) is -0.538. The van der Waals surface area contributed by atoms with E-state index in [1.165, 1.54) is 321 Å². The molecule has 0 aromatic rings. The van der Waals surface area contributed by atoms with Gasteiger partial charge < -0.3 is 20.3 Å². The van der Waals surface area contributed by atoms with E-state index >= 15 is 0 Å². The number of esters is 1. The number of amides is 1. The molecule has 0 fully saturated rings. The zero-order valence-corrected chi connectivity index (χ0v) is 52.9. The van der Waals surface area contributed by atoms with Gasteiger partial charge in [-0.2, -0.15) is 0 Å². The van der Waals surface area contributed by atoms with Crippen LogP contribution in [-0.4, -0.2) is 47.4 Å². The summed E-state index contributed by atoms with van der Waals surface area (Å²) >= 11 is 0. The summed E-state index contributed by atoms with van der Waals surface area (Å²) in [6.45, 7) is 4.96. The summed E-state index contributed by atoms with van der Waals surface area (Å²) in [5.74, 6) is -0.0183. The summed E-state index contributed by atoms with van der Waals surface area (Å²) < 4.78 is 5.48. The van der Waals surface area contributed by atoms with Gasteiger partial charge in [-0.1, -0.05) is 334 Å². The first-order valence-corrected chi connectivity index (χ1v) is 35.6. The molecule has 1 amide bonds. The van der Waals surface area contributed by atoms with E-state index in [4.69, 9.17) is 4.74 Å². The first-order valence-electron chi connectivity index (χ1n) is 35.6. The molecule has 0 saturated carbocycles. The fourth-order valence-corrected chi connectivity index (χ4v) is 11.3. The van der Waals surface area contributed by atoms with Gasteiger partial charge in [-0.3, -0.25) is 9.59 Å². The van der Waals surface area contributed by atoms with Crippen molar-refractivity contribution >= 4 is 11.9 Å². The van der Waals surface area contributed by atoms with Crippen LogP contribution in [0.3, 0.4) is 0 Å². The third-order valence-corrected chi connectivity index (χ3v) is 16.7. The van der Waals surface area contributed by atoms with Gasteiger partial charge in [0.25, 0.3) is 0 Å². The van der Waals surface area contributed by atoms with Crippen molar-refractivity contribution in [2.45, 2.75) is 411 Å². The number of nitrogens with one attached hydrogen (secondary N) is 1. The number of allylic oxidation sites excluding steroid dienone is 4. The van der Waals surface area contributed by atoms with E-state index < -0.39 is 12.1 Å². The molecule has 78 heavy (non-hydrogen) atoms. The highest BCUT2D eigenvalue weighted by atomic mass is 16.5. The molecule has 6 nitrogen and oxygen atoms in total. The summed E-state index contributed by atoms with van der Waals surface area (Å²) in [5.41, 5.74) is 0. The summed E-state index contributed by atoms with van der Waals surface area (Å²) in [6.07, 6.45) is 85.3. The maximum absolute atomic E-state index is 12.5. The lowest BCUT2D eigenvalue weighted by atomic mass is 10.0. The van der Waals surface area contributed by atoms with Gasteiger partial charge >= 0.3 is 5.97 Å². The van der Waals surface area contributed by atoms with Crippen LogP contribution < -0.4 is 5.32 Å². The number of aliphatic hydroxyl groups is 2. The summed E-state index contributed by atoms with van der Waals surface area (Å²) in [4.78, 5) is 24.5. The van der Waals surface area contributed by atoms with Gasteiger partial charge in [-0.15, -0.1) is 0 Å². The van der Waals surface area contributed by atoms with Gasteiger partial charge in [0.1, 0.15) is 0 Å². The normalized spacial score (nSPS) is 12.6. The Labute approximate surface area is 488 Å². The van der Waals surface area contributed by atoms with Crippen molar-refractivity contribution in [1.82, 2.24) is 5.32 Å². The van der Waals surface area contributed by atoms with Crippen molar-refractivity contribution in [3.63, 3.8) is 0 Å². The van der Waals surface area contributed by atoms with Crippen LogP contribution in [0.15, 0.2) is 24.3 Å². The van der Waals surface area contributed by atoms with E-state index in [9.17, 15) is 19.8 Å². The van der Waals surface area contributed by atoms with Crippen molar-refractivity contribution in [2.24, 2.45) is 0 Å². The molecule has 0 aromatic carbocycles. The Bertz CT molecular complexity index is 1220. The average Bonchev–Trinajstić information content (AvgIpc) is 3.44. The molecule has 6 heteroatoms.